The van der Waals surface area contributed by atoms with Crippen molar-refractivity contribution in [3.8, 4) is 5.88 Å². The number of aromatic nitrogens is 3. The summed E-state index contributed by atoms with van der Waals surface area (Å²) in [5, 5.41) is 0. The van der Waals surface area contributed by atoms with E-state index in [1.807, 2.05) is 18.7 Å². The van der Waals surface area contributed by atoms with Crippen molar-refractivity contribution in [2.24, 2.45) is 5.92 Å². The molecular formula is C21H24F3N5O2. The SMILES string of the molecule is Cc1nc2c(c(OC(C)C)n1)CN(C(=O)CC1CN(c3ccnc(C(F)(F)F)c3)C1)C2. The van der Waals surface area contributed by atoms with Crippen molar-refractivity contribution < 1.29 is 22.7 Å². The second-order valence-corrected chi connectivity index (χ2v) is 8.29. The fraction of sp³-hybridized carbons (Fsp3) is 0.524. The van der Waals surface area contributed by atoms with Crippen LogP contribution >= 0.6 is 0 Å². The molecule has 0 spiro atoms. The lowest BCUT2D eigenvalue weighted by Crippen LogP contribution is -2.48. The summed E-state index contributed by atoms with van der Waals surface area (Å²) in [6.45, 7) is 7.54. The molecule has 4 rings (SSSR count). The fourth-order valence-corrected chi connectivity index (χ4v) is 3.90. The van der Waals surface area contributed by atoms with Gasteiger partial charge in [-0.05, 0) is 32.9 Å². The molecule has 10 heteroatoms. The molecule has 2 aromatic rings. The van der Waals surface area contributed by atoms with Crippen LogP contribution in [0.15, 0.2) is 18.3 Å². The minimum atomic E-state index is -4.47. The first-order valence-electron chi connectivity index (χ1n) is 10.2. The minimum absolute atomic E-state index is 0.00140. The van der Waals surface area contributed by atoms with E-state index >= 15 is 0 Å². The number of alkyl halides is 3. The van der Waals surface area contributed by atoms with Crippen LogP contribution in [0.3, 0.4) is 0 Å². The summed E-state index contributed by atoms with van der Waals surface area (Å²) in [5.41, 5.74) is 1.22. The Kier molecular flexibility index (Phi) is 5.49. The largest absolute Gasteiger partial charge is 0.475 e. The van der Waals surface area contributed by atoms with Crippen molar-refractivity contribution in [1.29, 1.82) is 0 Å². The Morgan fingerprint density at radius 2 is 2.00 bits per heavy atom. The highest BCUT2D eigenvalue weighted by Crippen LogP contribution is 2.34. The number of hydrogen-bond donors (Lipinski definition) is 0. The van der Waals surface area contributed by atoms with Crippen molar-refractivity contribution in [3.05, 3.63) is 41.1 Å². The molecule has 0 bridgehead atoms. The number of amides is 1. The summed E-state index contributed by atoms with van der Waals surface area (Å²) in [4.78, 5) is 28.6. The van der Waals surface area contributed by atoms with Crippen LogP contribution < -0.4 is 9.64 Å². The average Bonchev–Trinajstić information content (AvgIpc) is 3.07. The third-order valence-corrected chi connectivity index (χ3v) is 5.38. The predicted molar refractivity (Wildman–Crippen MR) is 106 cm³/mol. The van der Waals surface area contributed by atoms with Crippen LogP contribution in [0.1, 0.15) is 43.0 Å². The minimum Gasteiger partial charge on any atom is -0.475 e. The van der Waals surface area contributed by atoms with Crippen LogP contribution in [0.5, 0.6) is 5.88 Å². The second kappa shape index (κ2) is 7.97. The molecule has 7 nitrogen and oxygen atoms in total. The lowest BCUT2D eigenvalue weighted by molar-refractivity contribution is -0.141. The molecule has 2 aliphatic rings. The Morgan fingerprint density at radius 3 is 2.68 bits per heavy atom. The highest BCUT2D eigenvalue weighted by atomic mass is 19.4. The quantitative estimate of drug-likeness (QED) is 0.717. The highest BCUT2D eigenvalue weighted by Gasteiger charge is 2.36. The number of hydrogen-bond acceptors (Lipinski definition) is 6. The van der Waals surface area contributed by atoms with E-state index in [-0.39, 0.29) is 17.9 Å². The number of nitrogens with zero attached hydrogens (tertiary/aromatic N) is 5. The first-order chi connectivity index (χ1) is 14.6. The van der Waals surface area contributed by atoms with Crippen molar-refractivity contribution in [2.75, 3.05) is 18.0 Å². The monoisotopic (exact) mass is 435 g/mol. The summed E-state index contributed by atoms with van der Waals surface area (Å²) >= 11 is 0. The van der Waals surface area contributed by atoms with Crippen LogP contribution in [0, 0.1) is 12.8 Å². The standard InChI is InChI=1S/C21H24F3N5O2/c1-12(2)31-20-16-10-29(11-17(16)26-13(3)27-20)19(30)6-14-8-28(9-14)15-4-5-25-18(7-15)21(22,23)24/h4-5,7,12,14H,6,8-11H2,1-3H3. The van der Waals surface area contributed by atoms with Gasteiger partial charge >= 0.3 is 6.18 Å². The van der Waals surface area contributed by atoms with E-state index < -0.39 is 11.9 Å². The van der Waals surface area contributed by atoms with Gasteiger partial charge in [-0.1, -0.05) is 0 Å². The van der Waals surface area contributed by atoms with Gasteiger partial charge in [-0.15, -0.1) is 0 Å². The van der Waals surface area contributed by atoms with E-state index in [0.29, 0.717) is 50.0 Å². The maximum atomic E-state index is 12.9. The molecule has 2 aromatic heterocycles. The van der Waals surface area contributed by atoms with Crippen molar-refractivity contribution in [1.82, 2.24) is 19.9 Å². The van der Waals surface area contributed by atoms with Gasteiger partial charge < -0.3 is 14.5 Å². The first-order valence-corrected chi connectivity index (χ1v) is 10.2. The lowest BCUT2D eigenvalue weighted by Gasteiger charge is -2.41. The number of carbonyl (C=O) groups excluding carboxylic acids is 1. The van der Waals surface area contributed by atoms with Gasteiger partial charge in [0.25, 0.3) is 0 Å². The molecule has 31 heavy (non-hydrogen) atoms. The summed E-state index contributed by atoms with van der Waals surface area (Å²) in [7, 11) is 0. The number of pyridine rings is 1. The van der Waals surface area contributed by atoms with Gasteiger partial charge in [0.15, 0.2) is 0 Å². The molecule has 0 unspecified atom stereocenters. The molecule has 0 aliphatic carbocycles. The third kappa shape index (κ3) is 4.57. The number of anilines is 1. The van der Waals surface area contributed by atoms with Crippen LogP contribution in [0.2, 0.25) is 0 Å². The third-order valence-electron chi connectivity index (χ3n) is 5.38. The maximum Gasteiger partial charge on any atom is 0.433 e. The summed E-state index contributed by atoms with van der Waals surface area (Å²) in [6.07, 6.45) is -3.00. The van der Waals surface area contributed by atoms with E-state index in [1.165, 1.54) is 0 Å². The van der Waals surface area contributed by atoms with Gasteiger partial charge in [-0.2, -0.15) is 18.2 Å². The van der Waals surface area contributed by atoms with E-state index in [2.05, 4.69) is 15.0 Å². The predicted octanol–water partition coefficient (Wildman–Crippen LogP) is 3.35. The average molecular weight is 435 g/mol. The molecule has 0 N–H and O–H groups in total. The Labute approximate surface area is 178 Å². The molecule has 1 amide bonds. The number of halogens is 3. The van der Waals surface area contributed by atoms with Crippen LogP contribution in [-0.2, 0) is 24.1 Å². The van der Waals surface area contributed by atoms with Crippen molar-refractivity contribution in [3.63, 3.8) is 0 Å². The van der Waals surface area contributed by atoms with Crippen molar-refractivity contribution >= 4 is 11.6 Å². The van der Waals surface area contributed by atoms with E-state index in [0.717, 1.165) is 23.5 Å². The number of carbonyl (C=O) groups is 1. The summed E-state index contributed by atoms with van der Waals surface area (Å²) < 4.78 is 44.4. The number of ether oxygens (including phenoxy) is 1. The molecule has 1 fully saturated rings. The zero-order valence-electron chi connectivity index (χ0n) is 17.6. The van der Waals surface area contributed by atoms with Gasteiger partial charge in [-0.3, -0.25) is 9.78 Å². The molecule has 0 saturated carbocycles. The zero-order chi connectivity index (χ0) is 22.3. The first kappa shape index (κ1) is 21.3. The van der Waals surface area contributed by atoms with Gasteiger partial charge in [-0.25, -0.2) is 4.98 Å². The normalized spacial score (nSPS) is 16.5. The number of aryl methyl sites for hydroxylation is 1. The molecule has 1 saturated heterocycles. The molecular weight excluding hydrogens is 411 g/mol. The highest BCUT2D eigenvalue weighted by molar-refractivity contribution is 5.77. The van der Waals surface area contributed by atoms with E-state index in [1.54, 1.807) is 17.9 Å². The molecule has 166 valence electrons. The van der Waals surface area contributed by atoms with Crippen molar-refractivity contribution in [2.45, 2.75) is 52.6 Å². The maximum absolute atomic E-state index is 12.9. The number of fused-ring (bicyclic) bond motifs is 1. The van der Waals surface area contributed by atoms with Gasteiger partial charge in [0.2, 0.25) is 11.8 Å². The van der Waals surface area contributed by atoms with Crippen LogP contribution in [0.25, 0.3) is 0 Å². The number of rotatable bonds is 5. The van der Waals surface area contributed by atoms with Crippen LogP contribution in [0.4, 0.5) is 18.9 Å². The smallest absolute Gasteiger partial charge is 0.433 e. The fourth-order valence-electron chi connectivity index (χ4n) is 3.90. The lowest BCUT2D eigenvalue weighted by atomic mass is 9.95. The topological polar surface area (TPSA) is 71.5 Å². The Hall–Kier alpha value is -2.91. The summed E-state index contributed by atoms with van der Waals surface area (Å²) in [5.74, 6) is 1.23. The Bertz CT molecular complexity index is 989. The zero-order valence-corrected chi connectivity index (χ0v) is 17.6. The van der Waals surface area contributed by atoms with Crippen LogP contribution in [-0.4, -0.2) is 45.0 Å². The molecule has 0 radical (unpaired) electrons. The van der Waals surface area contributed by atoms with Gasteiger partial charge in [0.05, 0.1) is 30.5 Å². The van der Waals surface area contributed by atoms with Gasteiger partial charge in [0, 0.05) is 37.3 Å². The molecule has 0 aromatic carbocycles. The molecule has 2 aliphatic heterocycles. The second-order valence-electron chi connectivity index (χ2n) is 8.29. The molecule has 4 heterocycles. The van der Waals surface area contributed by atoms with E-state index in [4.69, 9.17) is 4.74 Å². The Balaban J connectivity index is 1.35. The van der Waals surface area contributed by atoms with Gasteiger partial charge in [0.1, 0.15) is 11.5 Å². The van der Waals surface area contributed by atoms with E-state index in [9.17, 15) is 18.0 Å². The Morgan fingerprint density at radius 1 is 1.26 bits per heavy atom. The molecule has 0 atom stereocenters. The summed E-state index contributed by atoms with van der Waals surface area (Å²) in [6, 6.07) is 2.61.